The molecule has 0 atom stereocenters. The highest BCUT2D eigenvalue weighted by Gasteiger charge is 2.05. The van der Waals surface area contributed by atoms with Crippen molar-refractivity contribution in [3.63, 3.8) is 0 Å². The highest BCUT2D eigenvalue weighted by molar-refractivity contribution is 5.57. The van der Waals surface area contributed by atoms with Gasteiger partial charge in [0.2, 0.25) is 0 Å². The number of para-hydroxylation sites is 1. The third-order valence-corrected chi connectivity index (χ3v) is 2.87. The third-order valence-electron chi connectivity index (χ3n) is 2.87. The number of aromatic nitrogens is 2. The highest BCUT2D eigenvalue weighted by Crippen LogP contribution is 2.19. The Morgan fingerprint density at radius 3 is 2.42 bits per heavy atom. The Kier molecular flexibility index (Phi) is 4.47. The van der Waals surface area contributed by atoms with Crippen LogP contribution < -0.4 is 10.2 Å². The summed E-state index contributed by atoms with van der Waals surface area (Å²) in [7, 11) is 1.99. The van der Waals surface area contributed by atoms with Gasteiger partial charge in [0.05, 0.1) is 18.1 Å². The molecular weight excluding hydrogens is 236 g/mol. The number of anilines is 2. The van der Waals surface area contributed by atoms with Crippen LogP contribution in [0.15, 0.2) is 42.7 Å². The zero-order valence-corrected chi connectivity index (χ0v) is 11.7. The van der Waals surface area contributed by atoms with Crippen LogP contribution in [0.3, 0.4) is 0 Å². The van der Waals surface area contributed by atoms with Crippen LogP contribution in [0, 0.1) is 0 Å². The number of nitrogens with zero attached hydrogens (tertiary/aromatic N) is 3. The lowest BCUT2D eigenvalue weighted by molar-refractivity contribution is 0.580. The van der Waals surface area contributed by atoms with Crippen molar-refractivity contribution >= 4 is 11.5 Å². The number of hydrogen-bond donors (Lipinski definition) is 1. The normalized spacial score (nSPS) is 10.7. The van der Waals surface area contributed by atoms with E-state index in [1.165, 1.54) is 0 Å². The average molecular weight is 256 g/mol. The molecule has 0 saturated carbocycles. The first-order valence-corrected chi connectivity index (χ1v) is 6.50. The fourth-order valence-electron chi connectivity index (χ4n) is 1.71. The molecule has 19 heavy (non-hydrogen) atoms. The van der Waals surface area contributed by atoms with Crippen LogP contribution in [0.4, 0.5) is 11.5 Å². The fraction of sp³-hybridized carbons (Fsp3) is 0.333. The second kappa shape index (κ2) is 6.29. The summed E-state index contributed by atoms with van der Waals surface area (Å²) in [6.45, 7) is 4.98. The minimum atomic E-state index is 0.452. The zero-order valence-electron chi connectivity index (χ0n) is 11.7. The van der Waals surface area contributed by atoms with E-state index in [2.05, 4.69) is 41.3 Å². The molecule has 0 fully saturated rings. The number of hydrogen-bond acceptors (Lipinski definition) is 4. The molecule has 0 radical (unpaired) electrons. The Balaban J connectivity index is 2.06. The summed E-state index contributed by atoms with van der Waals surface area (Å²) in [6, 6.07) is 10.6. The summed E-state index contributed by atoms with van der Waals surface area (Å²) in [4.78, 5) is 10.9. The van der Waals surface area contributed by atoms with Crippen molar-refractivity contribution in [2.45, 2.75) is 26.4 Å². The quantitative estimate of drug-likeness (QED) is 0.893. The maximum atomic E-state index is 4.46. The van der Waals surface area contributed by atoms with Gasteiger partial charge < -0.3 is 10.2 Å². The van der Waals surface area contributed by atoms with Crippen molar-refractivity contribution in [3.8, 4) is 0 Å². The fourth-order valence-corrected chi connectivity index (χ4v) is 1.71. The van der Waals surface area contributed by atoms with Crippen molar-refractivity contribution in [1.29, 1.82) is 0 Å². The van der Waals surface area contributed by atoms with Gasteiger partial charge in [-0.05, 0) is 12.1 Å². The molecule has 0 bridgehead atoms. The van der Waals surface area contributed by atoms with Gasteiger partial charge in [0.1, 0.15) is 0 Å². The van der Waals surface area contributed by atoms with E-state index in [4.69, 9.17) is 0 Å². The van der Waals surface area contributed by atoms with Crippen LogP contribution in [0.2, 0.25) is 0 Å². The molecule has 0 saturated heterocycles. The largest absolute Gasteiger partial charge is 0.328 e. The summed E-state index contributed by atoms with van der Waals surface area (Å²) in [6.07, 6.45) is 3.63. The lowest BCUT2D eigenvalue weighted by Gasteiger charge is -2.18. The Bertz CT molecular complexity index is 493. The van der Waals surface area contributed by atoms with E-state index in [0.29, 0.717) is 6.04 Å². The second-order valence-electron chi connectivity index (χ2n) is 4.80. The molecule has 1 heterocycles. The van der Waals surface area contributed by atoms with Crippen LogP contribution in [0.5, 0.6) is 0 Å². The predicted molar refractivity (Wildman–Crippen MR) is 78.5 cm³/mol. The molecule has 0 aliphatic carbocycles. The molecule has 1 aromatic heterocycles. The molecule has 0 amide bonds. The van der Waals surface area contributed by atoms with Gasteiger partial charge in [0.15, 0.2) is 5.82 Å². The first kappa shape index (κ1) is 13.5. The number of nitrogens with one attached hydrogen (secondary N) is 1. The second-order valence-corrected chi connectivity index (χ2v) is 4.80. The van der Waals surface area contributed by atoms with Gasteiger partial charge in [0.25, 0.3) is 0 Å². The lowest BCUT2D eigenvalue weighted by atomic mass is 10.3. The SMILES string of the molecule is CC(C)NCc1cnc(N(C)c2ccccc2)cn1. The van der Waals surface area contributed by atoms with Crippen LogP contribution in [-0.4, -0.2) is 23.1 Å². The molecule has 100 valence electrons. The molecule has 1 N–H and O–H groups in total. The topological polar surface area (TPSA) is 41.1 Å². The molecule has 2 aromatic rings. The molecule has 0 aliphatic heterocycles. The van der Waals surface area contributed by atoms with Crippen molar-refractivity contribution in [3.05, 3.63) is 48.4 Å². The van der Waals surface area contributed by atoms with Gasteiger partial charge in [0, 0.05) is 25.3 Å². The van der Waals surface area contributed by atoms with Crippen LogP contribution in [0.25, 0.3) is 0 Å². The molecule has 1 aromatic carbocycles. The van der Waals surface area contributed by atoms with Gasteiger partial charge in [-0.1, -0.05) is 32.0 Å². The first-order chi connectivity index (χ1) is 9.16. The lowest BCUT2D eigenvalue weighted by Crippen LogP contribution is -2.22. The number of rotatable bonds is 5. The molecule has 0 aliphatic rings. The van der Waals surface area contributed by atoms with E-state index in [9.17, 15) is 0 Å². The summed E-state index contributed by atoms with van der Waals surface area (Å²) in [5.41, 5.74) is 2.06. The minimum absolute atomic E-state index is 0.452. The highest BCUT2D eigenvalue weighted by atomic mass is 15.2. The van der Waals surface area contributed by atoms with Crippen LogP contribution in [0.1, 0.15) is 19.5 Å². The summed E-state index contributed by atoms with van der Waals surface area (Å²) < 4.78 is 0. The molecule has 0 spiro atoms. The molecule has 2 rings (SSSR count). The molecule has 4 heteroatoms. The summed E-state index contributed by atoms with van der Waals surface area (Å²) in [5, 5.41) is 3.33. The smallest absolute Gasteiger partial charge is 0.151 e. The van der Waals surface area contributed by atoms with Crippen molar-refractivity contribution in [2.75, 3.05) is 11.9 Å². The molecule has 0 unspecified atom stereocenters. The third kappa shape index (κ3) is 3.76. The Hall–Kier alpha value is -1.94. The first-order valence-electron chi connectivity index (χ1n) is 6.50. The Morgan fingerprint density at radius 1 is 1.11 bits per heavy atom. The van der Waals surface area contributed by atoms with E-state index in [0.717, 1.165) is 23.7 Å². The summed E-state index contributed by atoms with van der Waals surface area (Å²) in [5.74, 6) is 0.847. The van der Waals surface area contributed by atoms with E-state index < -0.39 is 0 Å². The summed E-state index contributed by atoms with van der Waals surface area (Å²) >= 11 is 0. The van der Waals surface area contributed by atoms with Gasteiger partial charge >= 0.3 is 0 Å². The minimum Gasteiger partial charge on any atom is -0.328 e. The maximum Gasteiger partial charge on any atom is 0.151 e. The Labute approximate surface area is 114 Å². The van der Waals surface area contributed by atoms with E-state index in [1.807, 2.05) is 42.5 Å². The molecule has 4 nitrogen and oxygen atoms in total. The predicted octanol–water partition coefficient (Wildman–Crippen LogP) is 2.74. The zero-order chi connectivity index (χ0) is 13.7. The van der Waals surface area contributed by atoms with E-state index in [-0.39, 0.29) is 0 Å². The monoisotopic (exact) mass is 256 g/mol. The van der Waals surface area contributed by atoms with Crippen LogP contribution in [-0.2, 0) is 6.54 Å². The van der Waals surface area contributed by atoms with Crippen LogP contribution >= 0.6 is 0 Å². The standard InChI is InChI=1S/C15H20N4/c1-12(2)16-9-13-10-18-15(11-17-13)19(3)14-7-5-4-6-8-14/h4-8,10-12,16H,9H2,1-3H3. The average Bonchev–Trinajstić information content (AvgIpc) is 2.46. The van der Waals surface area contributed by atoms with Gasteiger partial charge in [-0.3, -0.25) is 4.98 Å². The van der Waals surface area contributed by atoms with E-state index in [1.54, 1.807) is 0 Å². The van der Waals surface area contributed by atoms with Crippen molar-refractivity contribution < 1.29 is 0 Å². The van der Waals surface area contributed by atoms with E-state index >= 15 is 0 Å². The van der Waals surface area contributed by atoms with Gasteiger partial charge in [-0.25, -0.2) is 4.98 Å². The van der Waals surface area contributed by atoms with Crippen molar-refractivity contribution in [1.82, 2.24) is 15.3 Å². The maximum absolute atomic E-state index is 4.46. The van der Waals surface area contributed by atoms with Gasteiger partial charge in [-0.15, -0.1) is 0 Å². The Morgan fingerprint density at radius 2 is 1.84 bits per heavy atom. The van der Waals surface area contributed by atoms with Crippen molar-refractivity contribution in [2.24, 2.45) is 0 Å². The number of benzene rings is 1. The van der Waals surface area contributed by atoms with Gasteiger partial charge in [-0.2, -0.15) is 0 Å². The molecular formula is C15H20N4.